The third-order valence-corrected chi connectivity index (χ3v) is 4.50. The first-order valence-electron chi connectivity index (χ1n) is 7.12. The van der Waals surface area contributed by atoms with Crippen LogP contribution < -0.4 is 5.32 Å². The molecule has 104 valence electrons. The molecule has 1 amide bonds. The minimum atomic E-state index is -0.130. The Morgan fingerprint density at radius 2 is 2.06 bits per heavy atom. The summed E-state index contributed by atoms with van der Waals surface area (Å²) in [6.45, 7) is 6.23. The van der Waals surface area contributed by atoms with Crippen LogP contribution in [0.1, 0.15) is 39.5 Å². The Balaban J connectivity index is 1.80. The van der Waals surface area contributed by atoms with Crippen LogP contribution in [-0.2, 0) is 9.53 Å². The van der Waals surface area contributed by atoms with E-state index in [0.717, 1.165) is 19.5 Å². The van der Waals surface area contributed by atoms with Gasteiger partial charge in [0.2, 0.25) is 5.91 Å². The van der Waals surface area contributed by atoms with E-state index in [-0.39, 0.29) is 18.1 Å². The van der Waals surface area contributed by atoms with Crippen molar-refractivity contribution in [3.05, 3.63) is 0 Å². The van der Waals surface area contributed by atoms with E-state index in [1.807, 2.05) is 11.9 Å². The molecule has 2 unspecified atom stereocenters. The van der Waals surface area contributed by atoms with E-state index in [0.29, 0.717) is 12.0 Å². The molecule has 0 aromatic carbocycles. The Morgan fingerprint density at radius 1 is 1.39 bits per heavy atom. The average Bonchev–Trinajstić information content (AvgIpc) is 2.33. The van der Waals surface area contributed by atoms with E-state index in [4.69, 9.17) is 4.74 Å². The van der Waals surface area contributed by atoms with E-state index in [1.54, 1.807) is 0 Å². The lowest BCUT2D eigenvalue weighted by molar-refractivity contribution is -0.148. The quantitative estimate of drug-likeness (QED) is 0.824. The molecule has 1 aliphatic carbocycles. The average molecular weight is 254 g/mol. The number of hydrogen-bond acceptors (Lipinski definition) is 3. The third-order valence-electron chi connectivity index (χ3n) is 4.50. The van der Waals surface area contributed by atoms with Crippen molar-refractivity contribution in [3.63, 3.8) is 0 Å². The fourth-order valence-electron chi connectivity index (χ4n) is 2.97. The molecule has 18 heavy (non-hydrogen) atoms. The van der Waals surface area contributed by atoms with Crippen molar-refractivity contribution in [1.82, 2.24) is 10.2 Å². The van der Waals surface area contributed by atoms with Gasteiger partial charge in [-0.2, -0.15) is 0 Å². The van der Waals surface area contributed by atoms with Crippen molar-refractivity contribution < 1.29 is 9.53 Å². The lowest BCUT2D eigenvalue weighted by Crippen LogP contribution is -2.60. The fourth-order valence-corrected chi connectivity index (χ4v) is 2.97. The fraction of sp³-hybridized carbons (Fsp3) is 0.929. The van der Waals surface area contributed by atoms with Crippen molar-refractivity contribution in [3.8, 4) is 0 Å². The van der Waals surface area contributed by atoms with Crippen LogP contribution in [0.2, 0.25) is 0 Å². The zero-order chi connectivity index (χ0) is 13.2. The zero-order valence-electron chi connectivity index (χ0n) is 11.9. The van der Waals surface area contributed by atoms with Crippen LogP contribution in [0.5, 0.6) is 0 Å². The summed E-state index contributed by atoms with van der Waals surface area (Å²) in [6, 6.07) is 0.405. The minimum Gasteiger partial charge on any atom is -0.363 e. The van der Waals surface area contributed by atoms with Crippen LogP contribution in [-0.4, -0.2) is 49.2 Å². The largest absolute Gasteiger partial charge is 0.363 e. The van der Waals surface area contributed by atoms with Crippen LogP contribution in [0, 0.1) is 5.92 Å². The van der Waals surface area contributed by atoms with Crippen molar-refractivity contribution >= 4 is 5.91 Å². The number of nitrogens with one attached hydrogen (secondary N) is 1. The Bertz CT molecular complexity index is 302. The van der Waals surface area contributed by atoms with Gasteiger partial charge < -0.3 is 15.0 Å². The maximum Gasteiger partial charge on any atom is 0.248 e. The van der Waals surface area contributed by atoms with Gasteiger partial charge in [0.1, 0.15) is 6.61 Å². The number of nitrogens with zero attached hydrogens (tertiary/aromatic N) is 1. The Labute approximate surface area is 110 Å². The predicted molar refractivity (Wildman–Crippen MR) is 71.4 cm³/mol. The molecule has 4 heteroatoms. The molecule has 2 aliphatic rings. The van der Waals surface area contributed by atoms with Gasteiger partial charge in [-0.05, 0) is 25.7 Å². The zero-order valence-corrected chi connectivity index (χ0v) is 11.9. The summed E-state index contributed by atoms with van der Waals surface area (Å²) in [4.78, 5) is 14.1. The Kier molecular flexibility index (Phi) is 4.28. The van der Waals surface area contributed by atoms with E-state index >= 15 is 0 Å². The molecule has 0 radical (unpaired) electrons. The smallest absolute Gasteiger partial charge is 0.248 e. The highest BCUT2D eigenvalue weighted by Crippen LogP contribution is 2.27. The topological polar surface area (TPSA) is 41.6 Å². The highest BCUT2D eigenvalue weighted by molar-refractivity contribution is 5.77. The maximum atomic E-state index is 12.2. The second-order valence-electron chi connectivity index (χ2n) is 6.18. The van der Waals surface area contributed by atoms with Gasteiger partial charge in [-0.15, -0.1) is 0 Å². The van der Waals surface area contributed by atoms with E-state index in [1.165, 1.54) is 19.3 Å². The molecular weight excluding hydrogens is 228 g/mol. The summed E-state index contributed by atoms with van der Waals surface area (Å²) in [7, 11) is 1.93. The molecular formula is C14H26N2O2. The molecule has 1 N–H and O–H groups in total. The highest BCUT2D eigenvalue weighted by Gasteiger charge is 2.34. The molecule has 0 bridgehead atoms. The Hall–Kier alpha value is -0.610. The number of rotatable bonds is 4. The van der Waals surface area contributed by atoms with Crippen LogP contribution in [0.15, 0.2) is 0 Å². The summed E-state index contributed by atoms with van der Waals surface area (Å²) >= 11 is 0. The van der Waals surface area contributed by atoms with Gasteiger partial charge in [-0.25, -0.2) is 0 Å². The Morgan fingerprint density at radius 3 is 2.61 bits per heavy atom. The van der Waals surface area contributed by atoms with Crippen LogP contribution in [0.3, 0.4) is 0 Å². The number of hydrogen-bond donors (Lipinski definition) is 1. The molecule has 1 aliphatic heterocycles. The highest BCUT2D eigenvalue weighted by atomic mass is 16.5. The molecule has 2 atom stereocenters. The molecule has 0 spiro atoms. The minimum absolute atomic E-state index is 0.127. The number of likely N-dealkylation sites (N-methyl/N-ethyl adjacent to an activating group) is 1. The standard InChI is InChI=1S/C14H26N2O2/c1-11-6-4-5-7-12(11)16(3)13(17)8-18-14(2)9-15-10-14/h11-12,15H,4-10H2,1-3H3. The first kappa shape index (κ1) is 13.8. The van der Waals surface area contributed by atoms with E-state index in [2.05, 4.69) is 19.2 Å². The van der Waals surface area contributed by atoms with Crippen LogP contribution in [0.4, 0.5) is 0 Å². The lowest BCUT2D eigenvalue weighted by atomic mass is 9.85. The summed E-state index contributed by atoms with van der Waals surface area (Å²) in [5.41, 5.74) is -0.130. The van der Waals surface area contributed by atoms with E-state index in [9.17, 15) is 4.79 Å². The number of ether oxygens (including phenoxy) is 1. The second-order valence-corrected chi connectivity index (χ2v) is 6.18. The summed E-state index contributed by atoms with van der Waals surface area (Å²) < 4.78 is 5.72. The second kappa shape index (κ2) is 5.57. The molecule has 1 saturated carbocycles. The van der Waals surface area contributed by atoms with Gasteiger partial charge in [0.05, 0.1) is 5.60 Å². The molecule has 0 aromatic heterocycles. The summed E-state index contributed by atoms with van der Waals surface area (Å²) in [5, 5.41) is 3.18. The summed E-state index contributed by atoms with van der Waals surface area (Å²) in [6.07, 6.45) is 4.93. The van der Waals surface area contributed by atoms with E-state index < -0.39 is 0 Å². The molecule has 2 rings (SSSR count). The molecule has 2 fully saturated rings. The molecule has 0 aromatic rings. The van der Waals surface area contributed by atoms with Crippen molar-refractivity contribution in [2.45, 2.75) is 51.2 Å². The first-order chi connectivity index (χ1) is 8.52. The predicted octanol–water partition coefficient (Wildman–Crippen LogP) is 1.40. The number of amides is 1. The SMILES string of the molecule is CC1CCCCC1N(C)C(=O)COC1(C)CNC1. The van der Waals surface area contributed by atoms with Crippen LogP contribution in [0.25, 0.3) is 0 Å². The maximum absolute atomic E-state index is 12.2. The normalized spacial score (nSPS) is 30.6. The number of carbonyl (C=O) groups is 1. The van der Waals surface area contributed by atoms with Crippen LogP contribution >= 0.6 is 0 Å². The monoisotopic (exact) mass is 254 g/mol. The van der Waals surface area contributed by atoms with Gasteiger partial charge in [0.25, 0.3) is 0 Å². The van der Waals surface area contributed by atoms with Crippen molar-refractivity contribution in [2.24, 2.45) is 5.92 Å². The third kappa shape index (κ3) is 3.04. The lowest BCUT2D eigenvalue weighted by Gasteiger charge is -2.40. The van der Waals surface area contributed by atoms with Gasteiger partial charge in [-0.1, -0.05) is 19.8 Å². The summed E-state index contributed by atoms with van der Waals surface area (Å²) in [5.74, 6) is 0.746. The van der Waals surface area contributed by atoms with Gasteiger partial charge in [-0.3, -0.25) is 4.79 Å². The van der Waals surface area contributed by atoms with Crippen molar-refractivity contribution in [1.29, 1.82) is 0 Å². The first-order valence-corrected chi connectivity index (χ1v) is 7.12. The van der Waals surface area contributed by atoms with Gasteiger partial charge in [0, 0.05) is 26.2 Å². The van der Waals surface area contributed by atoms with Gasteiger partial charge >= 0.3 is 0 Å². The van der Waals surface area contributed by atoms with Gasteiger partial charge in [0.15, 0.2) is 0 Å². The molecule has 1 saturated heterocycles. The molecule has 1 heterocycles. The van der Waals surface area contributed by atoms with Crippen molar-refractivity contribution in [2.75, 3.05) is 26.7 Å². The molecule has 4 nitrogen and oxygen atoms in total. The number of carbonyl (C=O) groups excluding carboxylic acids is 1.